The van der Waals surface area contributed by atoms with Gasteiger partial charge in [-0.05, 0) is 12.3 Å². The van der Waals surface area contributed by atoms with Gasteiger partial charge in [0.15, 0.2) is 0 Å². The first-order valence-corrected chi connectivity index (χ1v) is 5.80. The van der Waals surface area contributed by atoms with Gasteiger partial charge in [0.1, 0.15) is 0 Å². The van der Waals surface area contributed by atoms with E-state index in [0.717, 1.165) is 0 Å². The molecule has 102 valence electrons. The summed E-state index contributed by atoms with van der Waals surface area (Å²) in [5, 5.41) is 20.3. The number of rotatable bonds is 5. The van der Waals surface area contributed by atoms with Crippen molar-refractivity contribution >= 4 is 17.8 Å². The predicted molar refractivity (Wildman–Crippen MR) is 62.0 cm³/mol. The van der Waals surface area contributed by atoms with Gasteiger partial charge >= 0.3 is 11.9 Å². The highest BCUT2D eigenvalue weighted by Crippen LogP contribution is 2.20. The number of nitrogens with zero attached hydrogens (tertiary/aromatic N) is 1. The van der Waals surface area contributed by atoms with E-state index in [4.69, 9.17) is 10.2 Å². The molecule has 7 heteroatoms. The van der Waals surface area contributed by atoms with Crippen LogP contribution in [0.5, 0.6) is 0 Å². The van der Waals surface area contributed by atoms with Crippen LogP contribution < -0.4 is 5.32 Å². The predicted octanol–water partition coefficient (Wildman–Crippen LogP) is -0.628. The third-order valence-corrected chi connectivity index (χ3v) is 2.84. The van der Waals surface area contributed by atoms with E-state index in [-0.39, 0.29) is 30.8 Å². The van der Waals surface area contributed by atoms with Crippen molar-refractivity contribution < 1.29 is 24.6 Å². The minimum atomic E-state index is -0.951. The molecule has 1 aliphatic rings. The standard InChI is InChI=1S/C11H18N2O5/c1-7(14)12-9-2-8(3-10(15)16)4-13(5-9)6-11(17)18/h8-9H,2-6H2,1H3,(H,12,14)(H,15,16)(H,17,18). The van der Waals surface area contributed by atoms with Crippen molar-refractivity contribution in [3.63, 3.8) is 0 Å². The van der Waals surface area contributed by atoms with Gasteiger partial charge in [-0.2, -0.15) is 0 Å². The fourth-order valence-corrected chi connectivity index (χ4v) is 2.41. The molecule has 0 bridgehead atoms. The van der Waals surface area contributed by atoms with Gasteiger partial charge in [-0.3, -0.25) is 19.3 Å². The minimum Gasteiger partial charge on any atom is -0.481 e. The van der Waals surface area contributed by atoms with Crippen LogP contribution in [0.25, 0.3) is 0 Å². The molecule has 1 saturated heterocycles. The van der Waals surface area contributed by atoms with E-state index in [1.807, 2.05) is 0 Å². The minimum absolute atomic E-state index is 0.00773. The summed E-state index contributed by atoms with van der Waals surface area (Å²) in [6.45, 7) is 2.14. The SMILES string of the molecule is CC(=O)NC1CC(CC(=O)O)CN(CC(=O)O)C1. The molecular formula is C11H18N2O5. The van der Waals surface area contributed by atoms with Gasteiger partial charge in [-0.15, -0.1) is 0 Å². The highest BCUT2D eigenvalue weighted by molar-refractivity contribution is 5.73. The number of carboxylic acid groups (broad SMARTS) is 2. The van der Waals surface area contributed by atoms with Crippen LogP contribution in [0.2, 0.25) is 0 Å². The van der Waals surface area contributed by atoms with E-state index in [2.05, 4.69) is 5.32 Å². The number of hydrogen-bond donors (Lipinski definition) is 3. The second-order valence-corrected chi connectivity index (χ2v) is 4.68. The maximum absolute atomic E-state index is 11.0. The molecule has 2 atom stereocenters. The highest BCUT2D eigenvalue weighted by Gasteiger charge is 2.29. The lowest BCUT2D eigenvalue weighted by Crippen LogP contribution is -2.51. The Kier molecular flexibility index (Phi) is 5.08. The lowest BCUT2D eigenvalue weighted by Gasteiger charge is -2.36. The molecule has 0 aromatic rings. The van der Waals surface area contributed by atoms with Gasteiger partial charge in [0.25, 0.3) is 0 Å². The molecule has 1 fully saturated rings. The van der Waals surface area contributed by atoms with Crippen molar-refractivity contribution in [1.29, 1.82) is 0 Å². The van der Waals surface area contributed by atoms with Crippen LogP contribution in [-0.4, -0.2) is 58.6 Å². The van der Waals surface area contributed by atoms with E-state index in [1.54, 1.807) is 4.90 Å². The average molecular weight is 258 g/mol. The highest BCUT2D eigenvalue weighted by atomic mass is 16.4. The molecule has 0 saturated carbocycles. The summed E-state index contributed by atoms with van der Waals surface area (Å²) in [5.41, 5.74) is 0. The molecule has 1 amide bonds. The number of carboxylic acids is 2. The van der Waals surface area contributed by atoms with E-state index in [1.165, 1.54) is 6.92 Å². The monoisotopic (exact) mass is 258 g/mol. The van der Waals surface area contributed by atoms with Crippen LogP contribution >= 0.6 is 0 Å². The molecular weight excluding hydrogens is 240 g/mol. The summed E-state index contributed by atoms with van der Waals surface area (Å²) in [6, 6.07) is -0.181. The maximum atomic E-state index is 11.0. The number of carbonyl (C=O) groups is 3. The molecule has 2 unspecified atom stereocenters. The lowest BCUT2D eigenvalue weighted by molar-refractivity contribution is -0.139. The third-order valence-electron chi connectivity index (χ3n) is 2.84. The first-order chi connectivity index (χ1) is 8.36. The quantitative estimate of drug-likeness (QED) is 0.606. The van der Waals surface area contributed by atoms with Crippen molar-refractivity contribution in [3.05, 3.63) is 0 Å². The third kappa shape index (κ3) is 5.13. The zero-order valence-corrected chi connectivity index (χ0v) is 10.3. The number of hydrogen-bond acceptors (Lipinski definition) is 4. The van der Waals surface area contributed by atoms with E-state index in [0.29, 0.717) is 19.5 Å². The molecule has 0 aliphatic carbocycles. The van der Waals surface area contributed by atoms with E-state index in [9.17, 15) is 14.4 Å². The van der Waals surface area contributed by atoms with Crippen LogP contribution in [0.1, 0.15) is 19.8 Å². The van der Waals surface area contributed by atoms with Crippen LogP contribution in [0, 0.1) is 5.92 Å². The summed E-state index contributed by atoms with van der Waals surface area (Å²) >= 11 is 0. The molecule has 1 rings (SSSR count). The first-order valence-electron chi connectivity index (χ1n) is 5.80. The first kappa shape index (κ1) is 14.4. The Balaban J connectivity index is 2.62. The fraction of sp³-hybridized carbons (Fsp3) is 0.727. The fourth-order valence-electron chi connectivity index (χ4n) is 2.41. The van der Waals surface area contributed by atoms with Gasteiger partial charge in [-0.25, -0.2) is 0 Å². The number of likely N-dealkylation sites (tertiary alicyclic amines) is 1. The van der Waals surface area contributed by atoms with E-state index >= 15 is 0 Å². The molecule has 0 aromatic carbocycles. The lowest BCUT2D eigenvalue weighted by atomic mass is 9.91. The summed E-state index contributed by atoms with van der Waals surface area (Å²) in [5.74, 6) is -2.18. The van der Waals surface area contributed by atoms with Gasteiger partial charge in [-0.1, -0.05) is 0 Å². The van der Waals surface area contributed by atoms with Crippen LogP contribution in [0.15, 0.2) is 0 Å². The summed E-state index contributed by atoms with van der Waals surface area (Å²) in [7, 11) is 0. The van der Waals surface area contributed by atoms with Crippen molar-refractivity contribution in [2.45, 2.75) is 25.8 Å². The Hall–Kier alpha value is -1.63. The molecule has 3 N–H and O–H groups in total. The smallest absolute Gasteiger partial charge is 0.317 e. The molecule has 1 heterocycles. The molecule has 1 aliphatic heterocycles. The number of amides is 1. The Bertz CT molecular complexity index is 286. The molecule has 18 heavy (non-hydrogen) atoms. The zero-order chi connectivity index (χ0) is 13.7. The number of nitrogens with one attached hydrogen (secondary N) is 1. The second-order valence-electron chi connectivity index (χ2n) is 4.68. The molecule has 0 spiro atoms. The van der Waals surface area contributed by atoms with Gasteiger partial charge in [0.05, 0.1) is 6.54 Å². The Morgan fingerprint density at radius 3 is 2.39 bits per heavy atom. The Morgan fingerprint density at radius 2 is 1.89 bits per heavy atom. The number of aliphatic carboxylic acids is 2. The van der Waals surface area contributed by atoms with Crippen molar-refractivity contribution in [3.8, 4) is 0 Å². The second kappa shape index (κ2) is 6.34. The van der Waals surface area contributed by atoms with Crippen molar-refractivity contribution in [1.82, 2.24) is 10.2 Å². The summed E-state index contributed by atoms with van der Waals surface area (Å²) in [4.78, 5) is 34.1. The van der Waals surface area contributed by atoms with Gasteiger partial charge in [0.2, 0.25) is 5.91 Å². The zero-order valence-electron chi connectivity index (χ0n) is 10.3. The van der Waals surface area contributed by atoms with Crippen molar-refractivity contribution in [2.24, 2.45) is 5.92 Å². The number of piperidine rings is 1. The number of carbonyl (C=O) groups excluding carboxylic acids is 1. The molecule has 0 aromatic heterocycles. The topological polar surface area (TPSA) is 107 Å². The maximum Gasteiger partial charge on any atom is 0.317 e. The largest absolute Gasteiger partial charge is 0.481 e. The van der Waals surface area contributed by atoms with Crippen LogP contribution in [-0.2, 0) is 14.4 Å². The normalized spacial score (nSPS) is 24.5. The van der Waals surface area contributed by atoms with Crippen molar-refractivity contribution in [2.75, 3.05) is 19.6 Å². The molecule has 0 radical (unpaired) electrons. The van der Waals surface area contributed by atoms with E-state index < -0.39 is 11.9 Å². The van der Waals surface area contributed by atoms with Gasteiger partial charge < -0.3 is 15.5 Å². The van der Waals surface area contributed by atoms with Crippen LogP contribution in [0.4, 0.5) is 0 Å². The average Bonchev–Trinajstić information content (AvgIpc) is 2.12. The van der Waals surface area contributed by atoms with Gasteiger partial charge in [0, 0.05) is 32.5 Å². The Labute approximate surface area is 105 Å². The summed E-state index contributed by atoms with van der Waals surface area (Å²) in [6.07, 6.45) is 0.564. The Morgan fingerprint density at radius 1 is 1.22 bits per heavy atom. The molecule has 7 nitrogen and oxygen atoms in total. The summed E-state index contributed by atoms with van der Waals surface area (Å²) < 4.78 is 0. The van der Waals surface area contributed by atoms with Crippen LogP contribution in [0.3, 0.4) is 0 Å².